The second kappa shape index (κ2) is 4.82. The number of primary amides is 1. The molecule has 21 heavy (non-hydrogen) atoms. The third-order valence-corrected chi connectivity index (χ3v) is 3.18. The molecule has 0 atom stereocenters. The van der Waals surface area contributed by atoms with Crippen molar-refractivity contribution < 1.29 is 14.0 Å². The van der Waals surface area contributed by atoms with Crippen LogP contribution in [0.2, 0.25) is 0 Å². The molecule has 2 N–H and O–H groups in total. The summed E-state index contributed by atoms with van der Waals surface area (Å²) in [6, 6.07) is 10.8. The normalized spacial score (nSPS) is 10.7. The fourth-order valence-electron chi connectivity index (χ4n) is 2.14. The average Bonchev–Trinajstić information content (AvgIpc) is 2.84. The highest BCUT2D eigenvalue weighted by Crippen LogP contribution is 2.23. The van der Waals surface area contributed by atoms with E-state index in [-0.39, 0.29) is 16.5 Å². The summed E-state index contributed by atoms with van der Waals surface area (Å²) in [5, 5.41) is 4.33. The Morgan fingerprint density at radius 1 is 1.19 bits per heavy atom. The molecule has 0 aliphatic rings. The second-order valence-corrected chi connectivity index (χ2v) is 4.48. The molecule has 104 valence electrons. The van der Waals surface area contributed by atoms with E-state index in [4.69, 9.17) is 5.73 Å². The van der Waals surface area contributed by atoms with E-state index in [1.807, 2.05) is 0 Å². The van der Waals surface area contributed by atoms with Crippen LogP contribution in [0.25, 0.3) is 16.6 Å². The molecule has 0 saturated heterocycles. The number of rotatable bonds is 3. The molecule has 1 aromatic heterocycles. The van der Waals surface area contributed by atoms with Gasteiger partial charge in [-0.05, 0) is 36.4 Å². The van der Waals surface area contributed by atoms with Gasteiger partial charge in [0.2, 0.25) is 5.95 Å². The van der Waals surface area contributed by atoms with Gasteiger partial charge >= 0.3 is 0 Å². The summed E-state index contributed by atoms with van der Waals surface area (Å²) in [5.41, 5.74) is 6.57. The van der Waals surface area contributed by atoms with E-state index in [9.17, 15) is 14.0 Å². The summed E-state index contributed by atoms with van der Waals surface area (Å²) in [6.45, 7) is 0. The van der Waals surface area contributed by atoms with Gasteiger partial charge in [0.1, 0.15) is 11.8 Å². The van der Waals surface area contributed by atoms with E-state index in [0.29, 0.717) is 17.5 Å². The number of hydrogen-bond donors (Lipinski definition) is 1. The maximum atomic E-state index is 14.4. The lowest BCUT2D eigenvalue weighted by Crippen LogP contribution is -2.11. The van der Waals surface area contributed by atoms with Gasteiger partial charge in [-0.2, -0.15) is 9.49 Å². The van der Waals surface area contributed by atoms with Crippen LogP contribution in [0.15, 0.2) is 42.5 Å². The lowest BCUT2D eigenvalue weighted by molar-refractivity contribution is 0.100. The van der Waals surface area contributed by atoms with Gasteiger partial charge in [0.15, 0.2) is 0 Å². The Hall–Kier alpha value is -3.02. The van der Waals surface area contributed by atoms with Crippen molar-refractivity contribution in [3.63, 3.8) is 0 Å². The highest BCUT2D eigenvalue weighted by atomic mass is 19.1. The topological polar surface area (TPSA) is 78.0 Å². The SMILES string of the molecule is NC(=O)c1cccc2c(F)n(-c3ccc(C=O)cc3)nc12. The van der Waals surface area contributed by atoms with Crippen molar-refractivity contribution in [1.29, 1.82) is 0 Å². The molecule has 0 fully saturated rings. The van der Waals surface area contributed by atoms with E-state index in [1.165, 1.54) is 12.1 Å². The largest absolute Gasteiger partial charge is 0.366 e. The lowest BCUT2D eigenvalue weighted by Gasteiger charge is -2.01. The molecule has 1 heterocycles. The molecule has 0 saturated carbocycles. The predicted molar refractivity (Wildman–Crippen MR) is 74.9 cm³/mol. The van der Waals surface area contributed by atoms with Crippen LogP contribution in [0.5, 0.6) is 0 Å². The van der Waals surface area contributed by atoms with Crippen molar-refractivity contribution in [2.24, 2.45) is 5.73 Å². The Kier molecular flexibility index (Phi) is 2.98. The smallest absolute Gasteiger partial charge is 0.250 e. The van der Waals surface area contributed by atoms with Crippen molar-refractivity contribution in [1.82, 2.24) is 9.78 Å². The third-order valence-electron chi connectivity index (χ3n) is 3.18. The van der Waals surface area contributed by atoms with Crippen LogP contribution < -0.4 is 5.73 Å². The van der Waals surface area contributed by atoms with Crippen molar-refractivity contribution in [2.45, 2.75) is 0 Å². The molecule has 0 aliphatic heterocycles. The fraction of sp³-hybridized carbons (Fsp3) is 0. The number of benzene rings is 2. The molecule has 1 amide bonds. The number of amides is 1. The monoisotopic (exact) mass is 283 g/mol. The van der Waals surface area contributed by atoms with Crippen LogP contribution in [0.1, 0.15) is 20.7 Å². The van der Waals surface area contributed by atoms with Gasteiger partial charge < -0.3 is 5.73 Å². The van der Waals surface area contributed by atoms with E-state index >= 15 is 0 Å². The first-order chi connectivity index (χ1) is 10.1. The summed E-state index contributed by atoms with van der Waals surface area (Å²) in [6.07, 6.45) is 0.699. The minimum Gasteiger partial charge on any atom is -0.366 e. The van der Waals surface area contributed by atoms with Gasteiger partial charge in [0.25, 0.3) is 5.91 Å². The number of fused-ring (bicyclic) bond motifs is 1. The van der Waals surface area contributed by atoms with Crippen molar-refractivity contribution in [3.05, 3.63) is 59.5 Å². The second-order valence-electron chi connectivity index (χ2n) is 4.48. The first kappa shape index (κ1) is 13.0. The van der Waals surface area contributed by atoms with Gasteiger partial charge in [-0.3, -0.25) is 9.59 Å². The summed E-state index contributed by atoms with van der Waals surface area (Å²) >= 11 is 0. The molecule has 0 unspecified atom stereocenters. The van der Waals surface area contributed by atoms with Crippen LogP contribution >= 0.6 is 0 Å². The van der Waals surface area contributed by atoms with Crippen molar-refractivity contribution in [2.75, 3.05) is 0 Å². The van der Waals surface area contributed by atoms with Gasteiger partial charge in [-0.25, -0.2) is 4.68 Å². The van der Waals surface area contributed by atoms with Gasteiger partial charge in [0.05, 0.1) is 16.6 Å². The zero-order chi connectivity index (χ0) is 15.0. The molecule has 0 aliphatic carbocycles. The summed E-state index contributed by atoms with van der Waals surface area (Å²) in [5.74, 6) is -1.26. The quantitative estimate of drug-likeness (QED) is 0.747. The molecule has 5 nitrogen and oxygen atoms in total. The molecule has 3 aromatic rings. The zero-order valence-electron chi connectivity index (χ0n) is 10.8. The van der Waals surface area contributed by atoms with E-state index in [2.05, 4.69) is 5.10 Å². The molecule has 2 aromatic carbocycles. The van der Waals surface area contributed by atoms with Crippen LogP contribution in [0, 0.1) is 5.95 Å². The highest BCUT2D eigenvalue weighted by Gasteiger charge is 2.17. The third kappa shape index (κ3) is 2.06. The first-order valence-corrected chi connectivity index (χ1v) is 6.14. The van der Waals surface area contributed by atoms with Crippen molar-refractivity contribution in [3.8, 4) is 5.69 Å². The predicted octanol–water partition coefficient (Wildman–Crippen LogP) is 2.08. The number of nitrogens with zero attached hydrogens (tertiary/aromatic N) is 2. The number of carbonyl (C=O) groups is 2. The van der Waals surface area contributed by atoms with Gasteiger partial charge in [-0.1, -0.05) is 6.07 Å². The highest BCUT2D eigenvalue weighted by molar-refractivity contribution is 6.04. The summed E-state index contributed by atoms with van der Waals surface area (Å²) in [7, 11) is 0. The number of nitrogens with two attached hydrogens (primary N) is 1. The maximum Gasteiger partial charge on any atom is 0.250 e. The van der Waals surface area contributed by atoms with Gasteiger partial charge in [-0.15, -0.1) is 0 Å². The standard InChI is InChI=1S/C15H10FN3O2/c16-14-11-2-1-3-12(15(17)21)13(11)18-19(14)10-6-4-9(8-20)5-7-10/h1-8H,(H2,17,21). The van der Waals surface area contributed by atoms with Crippen LogP contribution in [0.4, 0.5) is 4.39 Å². The Bertz CT molecular complexity index is 853. The molecule has 0 radical (unpaired) electrons. The Labute approximate surface area is 118 Å². The van der Waals surface area contributed by atoms with E-state index in [1.54, 1.807) is 30.3 Å². The Morgan fingerprint density at radius 3 is 2.52 bits per heavy atom. The fourth-order valence-corrected chi connectivity index (χ4v) is 2.14. The van der Waals surface area contributed by atoms with Gasteiger partial charge in [0, 0.05) is 5.56 Å². The van der Waals surface area contributed by atoms with E-state index < -0.39 is 11.9 Å². The van der Waals surface area contributed by atoms with Crippen LogP contribution in [0.3, 0.4) is 0 Å². The number of carbonyl (C=O) groups excluding carboxylic acids is 2. The molecule has 0 bridgehead atoms. The lowest BCUT2D eigenvalue weighted by atomic mass is 10.1. The summed E-state index contributed by atoms with van der Waals surface area (Å²) in [4.78, 5) is 22.0. The summed E-state index contributed by atoms with van der Waals surface area (Å²) < 4.78 is 15.5. The number of aromatic nitrogens is 2. The first-order valence-electron chi connectivity index (χ1n) is 6.14. The van der Waals surface area contributed by atoms with E-state index in [0.717, 1.165) is 4.68 Å². The number of halogens is 1. The molecule has 6 heteroatoms. The van der Waals surface area contributed by atoms with Crippen molar-refractivity contribution >= 4 is 23.1 Å². The number of aldehydes is 1. The average molecular weight is 283 g/mol. The molecular formula is C15H10FN3O2. The maximum absolute atomic E-state index is 14.4. The molecular weight excluding hydrogens is 273 g/mol. The minimum absolute atomic E-state index is 0.162. The molecule has 0 spiro atoms. The Morgan fingerprint density at radius 2 is 1.90 bits per heavy atom. The van der Waals surface area contributed by atoms with Crippen LogP contribution in [-0.4, -0.2) is 22.0 Å². The Balaban J connectivity index is 2.23. The minimum atomic E-state index is -0.665. The zero-order valence-corrected chi connectivity index (χ0v) is 10.8. The molecule has 3 rings (SSSR count). The van der Waals surface area contributed by atoms with Crippen LogP contribution in [-0.2, 0) is 0 Å². The number of hydrogen-bond acceptors (Lipinski definition) is 3.